The molecule has 6 heteroatoms. The second-order valence-electron chi connectivity index (χ2n) is 8.84. The fraction of sp³-hybridized carbons (Fsp3) is 0.462. The van der Waals surface area contributed by atoms with E-state index < -0.39 is 0 Å². The van der Waals surface area contributed by atoms with Crippen molar-refractivity contribution < 1.29 is 9.59 Å². The lowest BCUT2D eigenvalue weighted by Gasteiger charge is -2.34. The molecule has 1 fully saturated rings. The maximum Gasteiger partial charge on any atom is 0.373 e. The highest BCUT2D eigenvalue weighted by Crippen LogP contribution is 2.38. The summed E-state index contributed by atoms with van der Waals surface area (Å²) in [6.45, 7) is 15.6. The number of halogens is 1. The molecule has 0 atom stereocenters. The second-order valence-corrected chi connectivity index (χ2v) is 9.75. The van der Waals surface area contributed by atoms with Crippen molar-refractivity contribution >= 4 is 38.8 Å². The third-order valence-electron chi connectivity index (χ3n) is 6.78. The Balaban J connectivity index is 0.000000913. The van der Waals surface area contributed by atoms with Gasteiger partial charge in [0.25, 0.3) is 0 Å². The molecule has 0 spiro atoms. The molecule has 0 amide bonds. The molecule has 0 N–H and O–H groups in total. The lowest BCUT2D eigenvalue weighted by molar-refractivity contribution is -0.191. The van der Waals surface area contributed by atoms with E-state index in [4.69, 9.17) is 14.6 Å². The molecule has 0 bridgehead atoms. The Morgan fingerprint density at radius 1 is 1.03 bits per heavy atom. The zero-order valence-electron chi connectivity index (χ0n) is 19.9. The minimum atomic E-state index is 0.250. The van der Waals surface area contributed by atoms with Crippen LogP contribution in [-0.2, 0) is 9.59 Å². The van der Waals surface area contributed by atoms with Gasteiger partial charge in [0.15, 0.2) is 0 Å². The van der Waals surface area contributed by atoms with Crippen molar-refractivity contribution in [1.29, 1.82) is 0 Å². The predicted molar refractivity (Wildman–Crippen MR) is 133 cm³/mol. The van der Waals surface area contributed by atoms with Gasteiger partial charge in [0, 0.05) is 40.0 Å². The summed E-state index contributed by atoms with van der Waals surface area (Å²) in [5, 5.41) is 1.32. The van der Waals surface area contributed by atoms with Crippen molar-refractivity contribution in [2.45, 2.75) is 60.8 Å². The van der Waals surface area contributed by atoms with Crippen LogP contribution in [0, 0.1) is 40.5 Å². The first-order chi connectivity index (χ1) is 15.2. The van der Waals surface area contributed by atoms with Crippen molar-refractivity contribution in [3.8, 4) is 5.69 Å². The maximum atomic E-state index is 8.12. The molecule has 2 aromatic heterocycles. The minimum absolute atomic E-state index is 0.250. The zero-order chi connectivity index (χ0) is 23.6. The third-order valence-corrected chi connectivity index (χ3v) is 7.24. The van der Waals surface area contributed by atoms with Crippen LogP contribution < -0.4 is 4.90 Å². The number of fused-ring (bicyclic) bond motifs is 1. The molecule has 3 heterocycles. The van der Waals surface area contributed by atoms with Crippen LogP contribution in [0.25, 0.3) is 16.7 Å². The fourth-order valence-corrected chi connectivity index (χ4v) is 5.72. The molecule has 0 aliphatic carbocycles. The summed E-state index contributed by atoms with van der Waals surface area (Å²) >= 11 is 3.65. The van der Waals surface area contributed by atoms with Crippen LogP contribution in [0.5, 0.6) is 0 Å². The number of aryl methyl sites for hydroxylation is 4. The highest BCUT2D eigenvalue weighted by Gasteiger charge is 2.25. The number of piperidine rings is 1. The summed E-state index contributed by atoms with van der Waals surface area (Å²) in [6.07, 6.45) is 4.14. The highest BCUT2D eigenvalue weighted by atomic mass is 79.9. The Morgan fingerprint density at radius 2 is 1.59 bits per heavy atom. The number of carbonyl (C=O) groups excluding carboxylic acids is 2. The Hall–Kier alpha value is -2.43. The zero-order valence-corrected chi connectivity index (χ0v) is 21.5. The number of rotatable bonds is 3. The van der Waals surface area contributed by atoms with Gasteiger partial charge >= 0.3 is 6.15 Å². The predicted octanol–water partition coefficient (Wildman–Crippen LogP) is 6.37. The van der Waals surface area contributed by atoms with Gasteiger partial charge in [-0.3, -0.25) is 4.57 Å². The number of hydrogen-bond donors (Lipinski definition) is 0. The molecular formula is C26H32BrN3O2. The summed E-state index contributed by atoms with van der Waals surface area (Å²) in [7, 11) is 0. The number of pyridine rings is 1. The van der Waals surface area contributed by atoms with E-state index in [0.717, 1.165) is 34.8 Å². The SMILES string of the molecule is CCC1CCN(c2cc(C)nc3c2c(C)c(C)n3-c2c(C)cc(Br)cc2C)CC1.O=C=O. The van der Waals surface area contributed by atoms with Gasteiger partial charge in [0.2, 0.25) is 0 Å². The molecular weight excluding hydrogens is 466 g/mol. The van der Waals surface area contributed by atoms with Crippen molar-refractivity contribution in [3.63, 3.8) is 0 Å². The van der Waals surface area contributed by atoms with Gasteiger partial charge in [0.05, 0.1) is 5.69 Å². The normalized spacial score (nSPS) is 14.3. The first-order valence-corrected chi connectivity index (χ1v) is 12.0. The number of benzene rings is 1. The van der Waals surface area contributed by atoms with E-state index in [-0.39, 0.29) is 6.15 Å². The third kappa shape index (κ3) is 4.53. The number of anilines is 1. The standard InChI is InChI=1S/C25H32BrN3.CO2/c1-7-20-8-10-28(11-9-20)22-14-17(4)27-25-23(22)18(5)19(6)29(25)24-15(2)12-21(26)13-16(24)3;2-1-3/h12-14,20H,7-11H2,1-6H3;. The number of hydrogen-bond acceptors (Lipinski definition) is 4. The topological polar surface area (TPSA) is 55.2 Å². The molecule has 4 rings (SSSR count). The molecule has 0 radical (unpaired) electrons. The van der Waals surface area contributed by atoms with E-state index in [2.05, 4.69) is 85.1 Å². The van der Waals surface area contributed by atoms with E-state index in [1.807, 2.05) is 0 Å². The Kier molecular flexibility index (Phi) is 7.58. The maximum absolute atomic E-state index is 8.12. The highest BCUT2D eigenvalue weighted by molar-refractivity contribution is 9.10. The first-order valence-electron chi connectivity index (χ1n) is 11.2. The van der Waals surface area contributed by atoms with Gasteiger partial charge < -0.3 is 4.90 Å². The first kappa shape index (κ1) is 24.2. The van der Waals surface area contributed by atoms with Crippen LogP contribution in [0.2, 0.25) is 0 Å². The van der Waals surface area contributed by atoms with Gasteiger partial charge in [-0.1, -0.05) is 29.3 Å². The molecule has 1 aliphatic heterocycles. The Morgan fingerprint density at radius 3 is 2.12 bits per heavy atom. The number of nitrogens with zero attached hydrogens (tertiary/aromatic N) is 3. The molecule has 1 saturated heterocycles. The van der Waals surface area contributed by atoms with E-state index in [1.165, 1.54) is 58.4 Å². The Labute approximate surface area is 199 Å². The van der Waals surface area contributed by atoms with Crippen LogP contribution >= 0.6 is 15.9 Å². The van der Waals surface area contributed by atoms with Crippen molar-refractivity contribution in [3.05, 3.63) is 50.8 Å². The largest absolute Gasteiger partial charge is 0.373 e. The van der Waals surface area contributed by atoms with E-state index in [0.29, 0.717) is 0 Å². The molecule has 170 valence electrons. The van der Waals surface area contributed by atoms with E-state index >= 15 is 0 Å². The fourth-order valence-electron chi connectivity index (χ4n) is 5.03. The van der Waals surface area contributed by atoms with Gasteiger partial charge in [-0.25, -0.2) is 4.98 Å². The molecule has 32 heavy (non-hydrogen) atoms. The average Bonchev–Trinajstić information content (AvgIpc) is 2.98. The quantitative estimate of drug-likeness (QED) is 0.421. The van der Waals surface area contributed by atoms with Crippen LogP contribution in [0.1, 0.15) is 54.3 Å². The van der Waals surface area contributed by atoms with Crippen molar-refractivity contribution in [2.75, 3.05) is 18.0 Å². The minimum Gasteiger partial charge on any atom is -0.371 e. The number of aromatic nitrogens is 2. The van der Waals surface area contributed by atoms with Crippen molar-refractivity contribution in [1.82, 2.24) is 9.55 Å². The van der Waals surface area contributed by atoms with Crippen LogP contribution in [0.4, 0.5) is 5.69 Å². The lowest BCUT2D eigenvalue weighted by Crippen LogP contribution is -2.33. The summed E-state index contributed by atoms with van der Waals surface area (Å²) in [6, 6.07) is 6.71. The monoisotopic (exact) mass is 497 g/mol. The second kappa shape index (κ2) is 10.0. The summed E-state index contributed by atoms with van der Waals surface area (Å²) in [5.41, 5.74) is 10.00. The molecule has 0 unspecified atom stereocenters. The Bertz CT molecular complexity index is 1140. The summed E-state index contributed by atoms with van der Waals surface area (Å²) in [5.74, 6) is 0.880. The van der Waals surface area contributed by atoms with Crippen LogP contribution in [-0.4, -0.2) is 28.8 Å². The van der Waals surface area contributed by atoms with E-state index in [9.17, 15) is 0 Å². The van der Waals surface area contributed by atoms with E-state index in [1.54, 1.807) is 0 Å². The van der Waals surface area contributed by atoms with Crippen LogP contribution in [0.15, 0.2) is 22.7 Å². The molecule has 1 aliphatic rings. The molecule has 5 nitrogen and oxygen atoms in total. The van der Waals surface area contributed by atoms with Gasteiger partial charge in [-0.15, -0.1) is 0 Å². The summed E-state index contributed by atoms with van der Waals surface area (Å²) in [4.78, 5) is 23.9. The molecule has 1 aromatic carbocycles. The van der Waals surface area contributed by atoms with Crippen molar-refractivity contribution in [2.24, 2.45) is 5.92 Å². The smallest absolute Gasteiger partial charge is 0.371 e. The summed E-state index contributed by atoms with van der Waals surface area (Å²) < 4.78 is 3.52. The van der Waals surface area contributed by atoms with Crippen LogP contribution in [0.3, 0.4) is 0 Å². The van der Waals surface area contributed by atoms with Gasteiger partial charge in [-0.2, -0.15) is 9.59 Å². The van der Waals surface area contributed by atoms with Gasteiger partial charge in [0.1, 0.15) is 5.65 Å². The molecule has 3 aromatic rings. The van der Waals surface area contributed by atoms with Gasteiger partial charge in [-0.05, 0) is 88.3 Å². The molecule has 0 saturated carbocycles. The average molecular weight is 498 g/mol. The lowest BCUT2D eigenvalue weighted by atomic mass is 9.94.